The van der Waals surface area contributed by atoms with Gasteiger partial charge in [0.05, 0.1) is 11.0 Å². The van der Waals surface area contributed by atoms with E-state index in [1.807, 2.05) is 0 Å². The van der Waals surface area contributed by atoms with Gasteiger partial charge in [-0.2, -0.15) is 0 Å². The molecule has 0 aliphatic rings. The van der Waals surface area contributed by atoms with Crippen molar-refractivity contribution in [3.05, 3.63) is 243 Å². The third-order valence-corrected chi connectivity index (χ3v) is 11.8. The number of aromatic nitrogens is 1. The van der Waals surface area contributed by atoms with E-state index < -0.39 is 0 Å². The lowest BCUT2D eigenvalue weighted by molar-refractivity contribution is 1.18. The number of benzene rings is 10. The van der Waals surface area contributed by atoms with E-state index in [0.717, 1.165) is 28.3 Å². The van der Waals surface area contributed by atoms with Gasteiger partial charge in [-0.3, -0.25) is 0 Å². The second kappa shape index (κ2) is 15.1. The highest BCUT2D eigenvalue weighted by Crippen LogP contribution is 2.43. The first-order valence-electron chi connectivity index (χ1n) is 20.6. The first kappa shape index (κ1) is 35.2. The van der Waals surface area contributed by atoms with Crippen molar-refractivity contribution in [1.82, 2.24) is 4.57 Å². The van der Waals surface area contributed by atoms with Crippen LogP contribution in [0.1, 0.15) is 0 Å². The molecule has 0 aliphatic carbocycles. The minimum Gasteiger partial charge on any atom is -0.311 e. The Morgan fingerprint density at radius 3 is 1.32 bits per heavy atom. The summed E-state index contributed by atoms with van der Waals surface area (Å²) >= 11 is 0. The summed E-state index contributed by atoms with van der Waals surface area (Å²) in [4.78, 5) is 2.34. The maximum absolute atomic E-state index is 2.45. The molecule has 0 unspecified atom stereocenters. The molecule has 1 heterocycles. The van der Waals surface area contributed by atoms with E-state index in [0.29, 0.717) is 0 Å². The number of fused-ring (bicyclic) bond motifs is 5. The Kier molecular flexibility index (Phi) is 8.87. The molecule has 11 aromatic rings. The van der Waals surface area contributed by atoms with E-state index in [1.54, 1.807) is 0 Å². The lowest BCUT2D eigenvalue weighted by Gasteiger charge is -2.26. The average molecular weight is 765 g/mol. The van der Waals surface area contributed by atoms with Gasteiger partial charge in [0, 0.05) is 33.5 Å². The van der Waals surface area contributed by atoms with Gasteiger partial charge in [0.15, 0.2) is 0 Å². The number of anilines is 3. The van der Waals surface area contributed by atoms with Gasteiger partial charge < -0.3 is 9.47 Å². The summed E-state index contributed by atoms with van der Waals surface area (Å²) in [6.07, 6.45) is 0. The van der Waals surface area contributed by atoms with Gasteiger partial charge in [-0.15, -0.1) is 0 Å². The van der Waals surface area contributed by atoms with Crippen LogP contribution in [0.2, 0.25) is 0 Å². The second-order valence-corrected chi connectivity index (χ2v) is 15.3. The standard InChI is InChI=1S/C58H40N2/c1-4-14-41(15-5-1)43-26-33-49(34-27-43)59(50-35-28-44(29-36-50)42-16-6-2-7-17-42)51-37-30-45(31-38-51)48-21-12-22-52(40-48)60-55-25-13-24-54(46-18-8-3-9-19-46)57(55)58-53-23-11-10-20-47(53)32-39-56(58)60/h1-40H. The maximum Gasteiger partial charge on any atom is 0.0547 e. The number of rotatable bonds is 8. The lowest BCUT2D eigenvalue weighted by atomic mass is 9.97. The molecule has 0 amide bonds. The molecule has 1 aromatic heterocycles. The summed E-state index contributed by atoms with van der Waals surface area (Å²) in [7, 11) is 0. The molecule has 0 radical (unpaired) electrons. The molecule has 0 spiro atoms. The maximum atomic E-state index is 2.45. The van der Waals surface area contributed by atoms with Crippen LogP contribution in [0.4, 0.5) is 17.1 Å². The predicted octanol–water partition coefficient (Wildman–Crippen LogP) is 16.1. The number of hydrogen-bond acceptors (Lipinski definition) is 1. The Bertz CT molecular complexity index is 3170. The topological polar surface area (TPSA) is 8.17 Å². The van der Waals surface area contributed by atoms with Crippen LogP contribution in [0.25, 0.3) is 82.8 Å². The van der Waals surface area contributed by atoms with Gasteiger partial charge in [-0.25, -0.2) is 0 Å². The summed E-state index contributed by atoms with van der Waals surface area (Å²) in [5.41, 5.74) is 16.4. The molecular weight excluding hydrogens is 725 g/mol. The molecule has 0 saturated carbocycles. The third-order valence-electron chi connectivity index (χ3n) is 11.8. The predicted molar refractivity (Wildman–Crippen MR) is 255 cm³/mol. The van der Waals surface area contributed by atoms with E-state index in [2.05, 4.69) is 252 Å². The van der Waals surface area contributed by atoms with Crippen LogP contribution in [0, 0.1) is 0 Å². The van der Waals surface area contributed by atoms with Gasteiger partial charge >= 0.3 is 0 Å². The van der Waals surface area contributed by atoms with Crippen LogP contribution in [0.3, 0.4) is 0 Å². The molecule has 2 nitrogen and oxygen atoms in total. The molecule has 0 atom stereocenters. The minimum absolute atomic E-state index is 1.09. The summed E-state index contributed by atoms with van der Waals surface area (Å²) in [6, 6.07) is 87.7. The zero-order chi connectivity index (χ0) is 39.8. The fraction of sp³-hybridized carbons (Fsp3) is 0. The van der Waals surface area contributed by atoms with Crippen molar-refractivity contribution in [2.24, 2.45) is 0 Å². The summed E-state index contributed by atoms with van der Waals surface area (Å²) in [6.45, 7) is 0. The van der Waals surface area contributed by atoms with Crippen molar-refractivity contribution in [3.63, 3.8) is 0 Å². The molecule has 0 aliphatic heterocycles. The molecule has 10 aromatic carbocycles. The Morgan fingerprint density at radius 2 is 0.733 bits per heavy atom. The van der Waals surface area contributed by atoms with E-state index in [-0.39, 0.29) is 0 Å². The quantitative estimate of drug-likeness (QED) is 0.150. The molecule has 0 N–H and O–H groups in total. The first-order valence-corrected chi connectivity index (χ1v) is 20.6. The number of hydrogen-bond donors (Lipinski definition) is 0. The molecule has 0 saturated heterocycles. The van der Waals surface area contributed by atoms with E-state index in [9.17, 15) is 0 Å². The normalized spacial score (nSPS) is 11.3. The fourth-order valence-corrected chi connectivity index (χ4v) is 8.91. The van der Waals surface area contributed by atoms with Crippen molar-refractivity contribution in [2.75, 3.05) is 4.90 Å². The van der Waals surface area contributed by atoms with Gasteiger partial charge in [0.2, 0.25) is 0 Å². The van der Waals surface area contributed by atoms with Gasteiger partial charge in [0.25, 0.3) is 0 Å². The molecule has 60 heavy (non-hydrogen) atoms. The smallest absolute Gasteiger partial charge is 0.0547 e. The van der Waals surface area contributed by atoms with E-state index >= 15 is 0 Å². The minimum atomic E-state index is 1.09. The van der Waals surface area contributed by atoms with Crippen LogP contribution >= 0.6 is 0 Å². The second-order valence-electron chi connectivity index (χ2n) is 15.3. The van der Waals surface area contributed by atoms with Crippen molar-refractivity contribution >= 4 is 49.6 Å². The third kappa shape index (κ3) is 6.32. The first-order chi connectivity index (χ1) is 29.8. The summed E-state index contributed by atoms with van der Waals surface area (Å²) in [5.74, 6) is 0. The molecule has 2 heteroatoms. The Morgan fingerprint density at radius 1 is 0.283 bits per heavy atom. The fourth-order valence-electron chi connectivity index (χ4n) is 8.91. The highest BCUT2D eigenvalue weighted by atomic mass is 15.1. The van der Waals surface area contributed by atoms with Crippen LogP contribution in [-0.4, -0.2) is 4.57 Å². The average Bonchev–Trinajstić information content (AvgIpc) is 3.68. The molecule has 282 valence electrons. The SMILES string of the molecule is c1ccc(-c2ccc(N(c3ccc(-c4ccccc4)cc3)c3ccc(-c4cccc(-n5c6cccc(-c7ccccc7)c6c6c7ccccc7ccc65)c4)cc3)cc2)cc1. The van der Waals surface area contributed by atoms with Crippen LogP contribution < -0.4 is 4.90 Å². The zero-order valence-electron chi connectivity index (χ0n) is 33.0. The Hall–Kier alpha value is -7.94. The van der Waals surface area contributed by atoms with Crippen molar-refractivity contribution < 1.29 is 0 Å². The molecule has 11 rings (SSSR count). The highest BCUT2D eigenvalue weighted by molar-refractivity contribution is 6.25. The van der Waals surface area contributed by atoms with Crippen molar-refractivity contribution in [1.29, 1.82) is 0 Å². The van der Waals surface area contributed by atoms with Crippen molar-refractivity contribution in [2.45, 2.75) is 0 Å². The van der Waals surface area contributed by atoms with Gasteiger partial charge in [-0.05, 0) is 116 Å². The van der Waals surface area contributed by atoms with Crippen molar-refractivity contribution in [3.8, 4) is 50.2 Å². The highest BCUT2D eigenvalue weighted by Gasteiger charge is 2.19. The molecule has 0 fully saturated rings. The zero-order valence-corrected chi connectivity index (χ0v) is 33.0. The summed E-state index contributed by atoms with van der Waals surface area (Å²) < 4.78 is 2.45. The lowest BCUT2D eigenvalue weighted by Crippen LogP contribution is -2.09. The monoisotopic (exact) mass is 764 g/mol. The largest absolute Gasteiger partial charge is 0.311 e. The van der Waals surface area contributed by atoms with Gasteiger partial charge in [0.1, 0.15) is 0 Å². The van der Waals surface area contributed by atoms with Crippen LogP contribution in [0.15, 0.2) is 243 Å². The summed E-state index contributed by atoms with van der Waals surface area (Å²) in [5, 5.41) is 5.07. The molecular formula is C58H40N2. The Balaban J connectivity index is 1.00. The molecule has 0 bridgehead atoms. The van der Waals surface area contributed by atoms with E-state index in [1.165, 1.54) is 71.5 Å². The van der Waals surface area contributed by atoms with Gasteiger partial charge in [-0.1, -0.05) is 182 Å². The Labute approximate surface area is 350 Å². The van der Waals surface area contributed by atoms with E-state index in [4.69, 9.17) is 0 Å². The number of nitrogens with zero attached hydrogens (tertiary/aromatic N) is 2. The van der Waals surface area contributed by atoms with Crippen LogP contribution in [0.5, 0.6) is 0 Å². The van der Waals surface area contributed by atoms with Crippen LogP contribution in [-0.2, 0) is 0 Å².